The molecule has 0 unspecified atom stereocenters. The van der Waals surface area contributed by atoms with Crippen LogP contribution in [0.15, 0.2) is 29.7 Å². The molecule has 9 heteroatoms. The van der Waals surface area contributed by atoms with Crippen LogP contribution in [0.1, 0.15) is 19.3 Å². The molecule has 1 atom stereocenters. The molecule has 1 amide bonds. The molecule has 140 valence electrons. The third-order valence-corrected chi connectivity index (χ3v) is 5.60. The number of fused-ring (bicyclic) bond motifs is 1. The topological polar surface area (TPSA) is 85.9 Å². The van der Waals surface area contributed by atoms with Crippen molar-refractivity contribution in [2.45, 2.75) is 25.3 Å². The highest BCUT2D eigenvalue weighted by Crippen LogP contribution is 2.28. The average Bonchev–Trinajstić information content (AvgIpc) is 3.16. The van der Waals surface area contributed by atoms with E-state index in [1.54, 1.807) is 18.1 Å². The van der Waals surface area contributed by atoms with E-state index in [0.717, 1.165) is 47.0 Å². The van der Waals surface area contributed by atoms with Crippen LogP contribution in [0.3, 0.4) is 0 Å². The number of hydrogen-bond acceptors (Lipinski definition) is 6. The number of aromatic amines is 1. The summed E-state index contributed by atoms with van der Waals surface area (Å²) in [5, 5.41) is 7.50. The Balaban J connectivity index is 0.00000196. The summed E-state index contributed by atoms with van der Waals surface area (Å²) in [7, 11) is 0. The van der Waals surface area contributed by atoms with E-state index in [1.807, 2.05) is 23.4 Å². The molecule has 1 saturated heterocycles. The predicted molar refractivity (Wildman–Crippen MR) is 108 cm³/mol. The number of carbonyl (C=O) groups is 1. The minimum atomic E-state index is 0. The molecule has 1 fully saturated rings. The number of aromatic nitrogens is 3. The molecule has 7 nitrogen and oxygen atoms in total. The second-order valence-electron chi connectivity index (χ2n) is 6.33. The van der Waals surface area contributed by atoms with Crippen molar-refractivity contribution < 1.29 is 4.79 Å². The van der Waals surface area contributed by atoms with Gasteiger partial charge in [-0.1, -0.05) is 6.42 Å². The van der Waals surface area contributed by atoms with Crippen molar-refractivity contribution in [3.63, 3.8) is 0 Å². The van der Waals surface area contributed by atoms with Gasteiger partial charge in [0.2, 0.25) is 0 Å². The van der Waals surface area contributed by atoms with Crippen LogP contribution in [0.2, 0.25) is 0 Å². The molecule has 0 saturated carbocycles. The number of halogens is 1. The molecular formula is C17H23ClN6OS. The smallest absolute Gasteiger partial charge is 0.259 e. The number of carbonyl (C=O) groups excluding carboxylic acids is 1. The molecule has 0 aromatic carbocycles. The van der Waals surface area contributed by atoms with Crippen LogP contribution in [0.25, 0.3) is 11.0 Å². The SMILES string of the molecule is Cl.O=C(NC[C@H]1CCCCN1)C1=CN(c2ncnc3[nH]ccc23)CCS1. The first-order chi connectivity index (χ1) is 12.3. The molecule has 2 aliphatic heterocycles. The summed E-state index contributed by atoms with van der Waals surface area (Å²) in [6, 6.07) is 2.36. The van der Waals surface area contributed by atoms with Gasteiger partial charge in [0.05, 0.1) is 10.3 Å². The number of H-pyrrole nitrogens is 1. The number of nitrogens with zero attached hydrogens (tertiary/aromatic N) is 3. The highest BCUT2D eigenvalue weighted by molar-refractivity contribution is 8.04. The summed E-state index contributed by atoms with van der Waals surface area (Å²) < 4.78 is 0. The predicted octanol–water partition coefficient (Wildman–Crippen LogP) is 2.03. The Morgan fingerprint density at radius 2 is 2.31 bits per heavy atom. The lowest BCUT2D eigenvalue weighted by molar-refractivity contribution is -0.116. The molecule has 2 aromatic heterocycles. The second kappa shape index (κ2) is 8.75. The first kappa shape index (κ1) is 19.0. The lowest BCUT2D eigenvalue weighted by Crippen LogP contribution is -2.44. The van der Waals surface area contributed by atoms with E-state index in [1.165, 1.54) is 12.8 Å². The molecule has 3 N–H and O–H groups in total. The van der Waals surface area contributed by atoms with Gasteiger partial charge in [-0.25, -0.2) is 9.97 Å². The molecule has 0 bridgehead atoms. The monoisotopic (exact) mass is 394 g/mol. The van der Waals surface area contributed by atoms with Crippen molar-refractivity contribution in [3.8, 4) is 0 Å². The second-order valence-corrected chi connectivity index (χ2v) is 7.47. The highest BCUT2D eigenvalue weighted by atomic mass is 35.5. The minimum absolute atomic E-state index is 0. The lowest BCUT2D eigenvalue weighted by atomic mass is 10.1. The molecule has 0 spiro atoms. The molecule has 2 aliphatic rings. The van der Waals surface area contributed by atoms with Crippen molar-refractivity contribution in [2.75, 3.05) is 30.3 Å². The molecule has 0 aliphatic carbocycles. The average molecular weight is 395 g/mol. The number of anilines is 1. The van der Waals surface area contributed by atoms with Gasteiger partial charge in [-0.05, 0) is 25.5 Å². The van der Waals surface area contributed by atoms with Gasteiger partial charge in [0, 0.05) is 37.3 Å². The van der Waals surface area contributed by atoms with Gasteiger partial charge in [-0.2, -0.15) is 0 Å². The Morgan fingerprint density at radius 1 is 1.38 bits per heavy atom. The molecule has 26 heavy (non-hydrogen) atoms. The lowest BCUT2D eigenvalue weighted by Gasteiger charge is -2.27. The van der Waals surface area contributed by atoms with Crippen LogP contribution in [0, 0.1) is 0 Å². The van der Waals surface area contributed by atoms with Crippen molar-refractivity contribution >= 4 is 46.9 Å². The summed E-state index contributed by atoms with van der Waals surface area (Å²) in [4.78, 5) is 27.1. The number of hydrogen-bond donors (Lipinski definition) is 3. The van der Waals surface area contributed by atoms with Crippen LogP contribution in [0.5, 0.6) is 0 Å². The molecule has 4 rings (SSSR count). The molecule has 2 aromatic rings. The van der Waals surface area contributed by atoms with E-state index < -0.39 is 0 Å². The first-order valence-electron chi connectivity index (χ1n) is 8.72. The van der Waals surface area contributed by atoms with Crippen LogP contribution in [0.4, 0.5) is 5.82 Å². The normalized spacial score (nSPS) is 20.4. The maximum absolute atomic E-state index is 12.5. The van der Waals surface area contributed by atoms with Gasteiger partial charge < -0.3 is 20.5 Å². The fraction of sp³-hybridized carbons (Fsp3) is 0.471. The number of thioether (sulfide) groups is 1. The zero-order valence-corrected chi connectivity index (χ0v) is 16.0. The highest BCUT2D eigenvalue weighted by Gasteiger charge is 2.21. The summed E-state index contributed by atoms with van der Waals surface area (Å²) in [6.07, 6.45) is 8.91. The quantitative estimate of drug-likeness (QED) is 0.735. The maximum Gasteiger partial charge on any atom is 0.259 e. The Hall–Kier alpha value is -1.77. The van der Waals surface area contributed by atoms with Gasteiger partial charge in [0.15, 0.2) is 0 Å². The van der Waals surface area contributed by atoms with Crippen LogP contribution < -0.4 is 15.5 Å². The standard InChI is InChI=1S/C17H22N6OS.ClH/c24-17(20-9-12-3-1-2-5-18-12)14-10-23(7-8-25-14)16-13-4-6-19-15(13)21-11-22-16;/h4,6,10-12,18H,1-3,5,7-9H2,(H,20,24)(H,19,21,22);1H/t12-;/m1./s1. The van der Waals surface area contributed by atoms with E-state index >= 15 is 0 Å². The van der Waals surface area contributed by atoms with Gasteiger partial charge in [0.1, 0.15) is 17.8 Å². The first-order valence-corrected chi connectivity index (χ1v) is 9.71. The summed E-state index contributed by atoms with van der Waals surface area (Å²) in [6.45, 7) is 2.56. The van der Waals surface area contributed by atoms with E-state index in [9.17, 15) is 4.79 Å². The Bertz CT molecular complexity index is 788. The van der Waals surface area contributed by atoms with Crippen LogP contribution in [-0.4, -0.2) is 52.3 Å². The van der Waals surface area contributed by atoms with Crippen LogP contribution in [-0.2, 0) is 4.79 Å². The van der Waals surface area contributed by atoms with Crippen molar-refractivity contribution in [3.05, 3.63) is 29.7 Å². The van der Waals surface area contributed by atoms with E-state index in [4.69, 9.17) is 0 Å². The maximum atomic E-state index is 12.5. The summed E-state index contributed by atoms with van der Waals surface area (Å²) in [5.74, 6) is 1.70. The Kier molecular flexibility index (Phi) is 6.39. The number of piperidine rings is 1. The number of rotatable bonds is 4. The van der Waals surface area contributed by atoms with Gasteiger partial charge in [-0.15, -0.1) is 24.2 Å². The van der Waals surface area contributed by atoms with Gasteiger partial charge in [-0.3, -0.25) is 4.79 Å². The fourth-order valence-corrected chi connectivity index (χ4v) is 4.19. The Morgan fingerprint density at radius 3 is 3.15 bits per heavy atom. The van der Waals surface area contributed by atoms with E-state index in [2.05, 4.69) is 25.6 Å². The van der Waals surface area contributed by atoms with Crippen molar-refractivity contribution in [1.82, 2.24) is 25.6 Å². The summed E-state index contributed by atoms with van der Waals surface area (Å²) >= 11 is 1.60. The van der Waals surface area contributed by atoms with Crippen molar-refractivity contribution in [1.29, 1.82) is 0 Å². The van der Waals surface area contributed by atoms with Gasteiger partial charge >= 0.3 is 0 Å². The zero-order chi connectivity index (χ0) is 17.1. The third-order valence-electron chi connectivity index (χ3n) is 4.61. The third kappa shape index (κ3) is 4.13. The number of nitrogens with one attached hydrogen (secondary N) is 3. The summed E-state index contributed by atoms with van der Waals surface area (Å²) in [5.41, 5.74) is 0.811. The van der Waals surface area contributed by atoms with E-state index in [0.29, 0.717) is 12.6 Å². The molecular weight excluding hydrogens is 372 g/mol. The molecule has 0 radical (unpaired) electrons. The van der Waals surface area contributed by atoms with Crippen molar-refractivity contribution in [2.24, 2.45) is 0 Å². The molecule has 4 heterocycles. The zero-order valence-electron chi connectivity index (χ0n) is 14.4. The van der Waals surface area contributed by atoms with Gasteiger partial charge in [0.25, 0.3) is 5.91 Å². The number of amides is 1. The fourth-order valence-electron chi connectivity index (χ4n) is 3.28. The minimum Gasteiger partial charge on any atom is -0.350 e. The van der Waals surface area contributed by atoms with E-state index in [-0.39, 0.29) is 18.3 Å². The Labute approximate surface area is 162 Å². The van der Waals surface area contributed by atoms with Crippen LogP contribution >= 0.6 is 24.2 Å². The largest absolute Gasteiger partial charge is 0.350 e.